The lowest BCUT2D eigenvalue weighted by Crippen LogP contribution is -2.09. The van der Waals surface area contributed by atoms with E-state index < -0.39 is 0 Å². The van der Waals surface area contributed by atoms with Crippen LogP contribution in [0.3, 0.4) is 0 Å². The molecule has 1 N–H and O–H groups in total. The maximum absolute atomic E-state index is 13.4. The average Bonchev–Trinajstić information content (AvgIpc) is 2.20. The summed E-state index contributed by atoms with van der Waals surface area (Å²) < 4.78 is 18.5. The number of rotatable bonds is 5. The monoisotopic (exact) mass is 197 g/mol. The molecule has 0 heterocycles. The molecule has 0 aromatic heterocycles. The Bertz CT molecular complexity index is 289. The molecule has 1 rings (SSSR count). The van der Waals surface area contributed by atoms with Gasteiger partial charge in [0.1, 0.15) is 11.6 Å². The van der Waals surface area contributed by atoms with Gasteiger partial charge in [-0.15, -0.1) is 0 Å². The Kier molecular flexibility index (Phi) is 4.40. The lowest BCUT2D eigenvalue weighted by atomic mass is 10.1. The molecule has 1 aromatic rings. The molecule has 1 aromatic carbocycles. The number of benzene rings is 1. The molecule has 0 radical (unpaired) electrons. The summed E-state index contributed by atoms with van der Waals surface area (Å²) in [6.07, 6.45) is 1.62. The van der Waals surface area contributed by atoms with Crippen molar-refractivity contribution >= 4 is 0 Å². The van der Waals surface area contributed by atoms with Crippen molar-refractivity contribution in [1.82, 2.24) is 5.32 Å². The quantitative estimate of drug-likeness (QED) is 0.729. The fourth-order valence-electron chi connectivity index (χ4n) is 1.41. The first-order valence-electron chi connectivity index (χ1n) is 4.75. The van der Waals surface area contributed by atoms with Gasteiger partial charge in [-0.05, 0) is 38.6 Å². The van der Waals surface area contributed by atoms with Gasteiger partial charge in [-0.2, -0.15) is 0 Å². The van der Waals surface area contributed by atoms with Crippen molar-refractivity contribution in [2.75, 3.05) is 20.7 Å². The first-order chi connectivity index (χ1) is 6.79. The number of ether oxygens (including phenoxy) is 1. The maximum Gasteiger partial charge on any atom is 0.130 e. The van der Waals surface area contributed by atoms with Gasteiger partial charge in [0.25, 0.3) is 0 Å². The van der Waals surface area contributed by atoms with E-state index in [0.29, 0.717) is 17.7 Å². The zero-order valence-corrected chi connectivity index (χ0v) is 8.64. The van der Waals surface area contributed by atoms with Gasteiger partial charge >= 0.3 is 0 Å². The van der Waals surface area contributed by atoms with Crippen molar-refractivity contribution in [3.8, 4) is 5.75 Å². The Morgan fingerprint density at radius 2 is 2.21 bits per heavy atom. The molecule has 0 aliphatic rings. The number of methoxy groups -OCH3 is 1. The Morgan fingerprint density at radius 3 is 2.86 bits per heavy atom. The van der Waals surface area contributed by atoms with Crippen LogP contribution >= 0.6 is 0 Å². The van der Waals surface area contributed by atoms with E-state index in [-0.39, 0.29) is 5.82 Å². The number of halogens is 1. The number of nitrogens with one attached hydrogen (secondary N) is 1. The van der Waals surface area contributed by atoms with Crippen molar-refractivity contribution in [2.45, 2.75) is 12.8 Å². The molecule has 0 fully saturated rings. The SMILES string of the molecule is CNCCCc1c(F)cccc1OC. The van der Waals surface area contributed by atoms with Crippen LogP contribution in [-0.4, -0.2) is 20.7 Å². The van der Waals surface area contributed by atoms with Crippen molar-refractivity contribution in [3.63, 3.8) is 0 Å². The van der Waals surface area contributed by atoms with Gasteiger partial charge in [-0.1, -0.05) is 6.07 Å². The topological polar surface area (TPSA) is 21.3 Å². The Hall–Kier alpha value is -1.09. The molecule has 0 saturated carbocycles. The molecule has 0 aliphatic heterocycles. The van der Waals surface area contributed by atoms with Crippen molar-refractivity contribution in [1.29, 1.82) is 0 Å². The van der Waals surface area contributed by atoms with Gasteiger partial charge in [-0.3, -0.25) is 0 Å². The minimum Gasteiger partial charge on any atom is -0.496 e. The fourth-order valence-corrected chi connectivity index (χ4v) is 1.41. The number of hydrogen-bond donors (Lipinski definition) is 1. The molecule has 78 valence electrons. The Labute approximate surface area is 84.1 Å². The van der Waals surface area contributed by atoms with Crippen LogP contribution in [0.25, 0.3) is 0 Å². The first-order valence-corrected chi connectivity index (χ1v) is 4.75. The largest absolute Gasteiger partial charge is 0.496 e. The van der Waals surface area contributed by atoms with Crippen LogP contribution in [0.2, 0.25) is 0 Å². The minimum atomic E-state index is -0.180. The van der Waals surface area contributed by atoms with Crippen LogP contribution < -0.4 is 10.1 Å². The second kappa shape index (κ2) is 5.60. The van der Waals surface area contributed by atoms with Crippen LogP contribution in [0.15, 0.2) is 18.2 Å². The molecule has 0 aliphatic carbocycles. The van der Waals surface area contributed by atoms with Crippen LogP contribution in [-0.2, 0) is 6.42 Å². The van der Waals surface area contributed by atoms with Gasteiger partial charge in [0, 0.05) is 5.56 Å². The summed E-state index contributed by atoms with van der Waals surface area (Å²) in [5.74, 6) is 0.460. The van der Waals surface area contributed by atoms with Crippen LogP contribution in [0, 0.1) is 5.82 Å². The van der Waals surface area contributed by atoms with Crippen molar-refractivity contribution in [3.05, 3.63) is 29.6 Å². The zero-order chi connectivity index (χ0) is 10.4. The highest BCUT2D eigenvalue weighted by Gasteiger charge is 2.07. The van der Waals surface area contributed by atoms with E-state index in [1.807, 2.05) is 7.05 Å². The Morgan fingerprint density at radius 1 is 1.43 bits per heavy atom. The summed E-state index contributed by atoms with van der Waals surface area (Å²) in [4.78, 5) is 0. The normalized spacial score (nSPS) is 10.2. The lowest BCUT2D eigenvalue weighted by molar-refractivity contribution is 0.403. The second-order valence-electron chi connectivity index (χ2n) is 3.13. The summed E-state index contributed by atoms with van der Waals surface area (Å²) in [5.41, 5.74) is 0.672. The summed E-state index contributed by atoms with van der Waals surface area (Å²) >= 11 is 0. The molecular weight excluding hydrogens is 181 g/mol. The number of hydrogen-bond acceptors (Lipinski definition) is 2. The molecule has 0 bridgehead atoms. The van der Waals surface area contributed by atoms with Crippen LogP contribution in [0.5, 0.6) is 5.75 Å². The molecule has 2 nitrogen and oxygen atoms in total. The second-order valence-corrected chi connectivity index (χ2v) is 3.13. The molecular formula is C11H16FNO. The van der Waals surface area contributed by atoms with E-state index in [4.69, 9.17) is 4.74 Å². The van der Waals surface area contributed by atoms with E-state index in [2.05, 4.69) is 5.32 Å². The predicted molar refractivity (Wildman–Crippen MR) is 55.2 cm³/mol. The molecule has 0 amide bonds. The minimum absolute atomic E-state index is 0.180. The van der Waals surface area contributed by atoms with Crippen LogP contribution in [0.1, 0.15) is 12.0 Å². The van der Waals surface area contributed by atoms with Gasteiger partial charge in [0.05, 0.1) is 7.11 Å². The van der Waals surface area contributed by atoms with Gasteiger partial charge < -0.3 is 10.1 Å². The lowest BCUT2D eigenvalue weighted by Gasteiger charge is -2.08. The van der Waals surface area contributed by atoms with Crippen molar-refractivity contribution < 1.29 is 9.13 Å². The highest BCUT2D eigenvalue weighted by atomic mass is 19.1. The third-order valence-electron chi connectivity index (χ3n) is 2.15. The standard InChI is InChI=1S/C11H16FNO/c1-13-8-4-5-9-10(12)6-3-7-11(9)14-2/h3,6-7,13H,4-5,8H2,1-2H3. The highest BCUT2D eigenvalue weighted by Crippen LogP contribution is 2.22. The highest BCUT2D eigenvalue weighted by molar-refractivity contribution is 5.34. The molecule has 0 unspecified atom stereocenters. The summed E-state index contributed by atoms with van der Waals surface area (Å²) in [6, 6.07) is 4.92. The van der Waals surface area contributed by atoms with Gasteiger partial charge in [0.15, 0.2) is 0 Å². The molecule has 0 saturated heterocycles. The summed E-state index contributed by atoms with van der Waals surface area (Å²) in [7, 11) is 3.45. The maximum atomic E-state index is 13.4. The summed E-state index contributed by atoms with van der Waals surface area (Å²) in [6.45, 7) is 0.886. The third kappa shape index (κ3) is 2.70. The fraction of sp³-hybridized carbons (Fsp3) is 0.455. The molecule has 14 heavy (non-hydrogen) atoms. The van der Waals surface area contributed by atoms with Gasteiger partial charge in [-0.25, -0.2) is 4.39 Å². The van der Waals surface area contributed by atoms with Gasteiger partial charge in [0.2, 0.25) is 0 Å². The van der Waals surface area contributed by atoms with E-state index in [9.17, 15) is 4.39 Å². The van der Waals surface area contributed by atoms with Crippen LogP contribution in [0.4, 0.5) is 4.39 Å². The van der Waals surface area contributed by atoms with E-state index in [1.54, 1.807) is 19.2 Å². The average molecular weight is 197 g/mol. The smallest absolute Gasteiger partial charge is 0.130 e. The molecule has 0 atom stereocenters. The third-order valence-corrected chi connectivity index (χ3v) is 2.15. The predicted octanol–water partition coefficient (Wildman–Crippen LogP) is 1.99. The van der Waals surface area contributed by atoms with E-state index >= 15 is 0 Å². The zero-order valence-electron chi connectivity index (χ0n) is 8.64. The Balaban J connectivity index is 2.72. The molecule has 0 spiro atoms. The summed E-state index contributed by atoms with van der Waals surface area (Å²) in [5, 5.41) is 3.03. The van der Waals surface area contributed by atoms with E-state index in [0.717, 1.165) is 13.0 Å². The van der Waals surface area contributed by atoms with Crippen molar-refractivity contribution in [2.24, 2.45) is 0 Å². The first kappa shape index (κ1) is 11.0. The van der Waals surface area contributed by atoms with E-state index in [1.165, 1.54) is 6.07 Å². The molecule has 3 heteroatoms.